The third-order valence-corrected chi connectivity index (χ3v) is 9.82. The van der Waals surface area contributed by atoms with Gasteiger partial charge in [-0.2, -0.15) is 0 Å². The molecule has 2 amide bonds. The van der Waals surface area contributed by atoms with Gasteiger partial charge in [0, 0.05) is 38.3 Å². The van der Waals surface area contributed by atoms with E-state index in [1.165, 1.54) is 4.90 Å². The molecular formula is C37H31BrCl2N2O5. The number of hydrogen-bond donors (Lipinski definition) is 0. The van der Waals surface area contributed by atoms with Crippen molar-refractivity contribution in [1.82, 2.24) is 4.98 Å². The summed E-state index contributed by atoms with van der Waals surface area (Å²) in [7, 11) is 0. The number of benzene rings is 3. The van der Waals surface area contributed by atoms with Crippen LogP contribution in [0.1, 0.15) is 53.0 Å². The molecule has 1 fully saturated rings. The lowest BCUT2D eigenvalue weighted by molar-refractivity contribution is -0.122. The summed E-state index contributed by atoms with van der Waals surface area (Å²) in [6.45, 7) is 3.97. The van der Waals surface area contributed by atoms with Crippen molar-refractivity contribution in [3.05, 3.63) is 105 Å². The van der Waals surface area contributed by atoms with E-state index in [4.69, 9.17) is 32.9 Å². The van der Waals surface area contributed by atoms with Gasteiger partial charge in [0.05, 0.1) is 34.3 Å². The number of fused-ring (bicyclic) bond motifs is 2. The Kier molecular flexibility index (Phi) is 9.65. The molecular weight excluding hydrogens is 703 g/mol. The highest BCUT2D eigenvalue weighted by molar-refractivity contribution is 9.10. The predicted molar refractivity (Wildman–Crippen MR) is 187 cm³/mol. The highest BCUT2D eigenvalue weighted by Crippen LogP contribution is 2.41. The van der Waals surface area contributed by atoms with E-state index < -0.39 is 12.1 Å². The number of Topliss-reactive ketones (excluding diaryl/α,β-unsaturated/α-hetero) is 1. The van der Waals surface area contributed by atoms with Crippen LogP contribution in [-0.2, 0) is 20.7 Å². The number of aryl methyl sites for hydroxylation is 1. The minimum absolute atomic E-state index is 0.00670. The Morgan fingerprint density at radius 1 is 1.04 bits per heavy atom. The molecule has 4 atom stereocenters. The molecule has 2 aliphatic rings. The Labute approximate surface area is 291 Å². The van der Waals surface area contributed by atoms with E-state index in [2.05, 4.69) is 15.9 Å². The van der Waals surface area contributed by atoms with Crippen molar-refractivity contribution < 1.29 is 23.9 Å². The molecule has 3 aromatic carbocycles. The van der Waals surface area contributed by atoms with Crippen LogP contribution in [0.3, 0.4) is 0 Å². The summed E-state index contributed by atoms with van der Waals surface area (Å²) in [6, 6.07) is 18.8. The molecule has 4 aromatic rings. The van der Waals surface area contributed by atoms with Crippen molar-refractivity contribution in [2.24, 2.45) is 17.8 Å². The number of amides is 2. The highest BCUT2D eigenvalue weighted by atomic mass is 79.9. The molecule has 240 valence electrons. The SMILES string of the molecule is CCc1cc(Br)cc2c(C(=O)OC(CCCl)C(=O)c3ccc(Cl)cc3)cc(-c3ccc(N4C(=O)C5CC=CC(C)C5C4=O)cc3)nc12. The molecule has 10 heteroatoms. The van der Waals surface area contributed by atoms with Crippen LogP contribution in [0.2, 0.25) is 5.02 Å². The molecule has 1 saturated heterocycles. The van der Waals surface area contributed by atoms with Gasteiger partial charge in [-0.15, -0.1) is 11.6 Å². The lowest BCUT2D eigenvalue weighted by atomic mass is 9.78. The minimum atomic E-state index is -1.11. The summed E-state index contributed by atoms with van der Waals surface area (Å²) in [5.41, 5.74) is 3.80. The van der Waals surface area contributed by atoms with Crippen LogP contribution in [0.5, 0.6) is 0 Å². The Morgan fingerprint density at radius 3 is 2.43 bits per heavy atom. The van der Waals surface area contributed by atoms with E-state index in [-0.39, 0.29) is 53.2 Å². The zero-order valence-electron chi connectivity index (χ0n) is 25.7. The van der Waals surface area contributed by atoms with Crippen LogP contribution < -0.4 is 4.90 Å². The average Bonchev–Trinajstić information content (AvgIpc) is 3.33. The molecule has 47 heavy (non-hydrogen) atoms. The second-order valence-electron chi connectivity index (χ2n) is 11.8. The van der Waals surface area contributed by atoms with Crippen molar-refractivity contribution in [3.8, 4) is 11.3 Å². The summed E-state index contributed by atoms with van der Waals surface area (Å²) >= 11 is 15.6. The Morgan fingerprint density at radius 2 is 1.77 bits per heavy atom. The van der Waals surface area contributed by atoms with Gasteiger partial charge in [-0.25, -0.2) is 9.78 Å². The molecule has 4 unspecified atom stereocenters. The number of alkyl halides is 1. The maximum absolute atomic E-state index is 13.9. The predicted octanol–water partition coefficient (Wildman–Crippen LogP) is 8.62. The number of carbonyl (C=O) groups excluding carboxylic acids is 4. The number of allylic oxidation sites excluding steroid dienone is 2. The quantitative estimate of drug-likeness (QED) is 0.0562. The standard InChI is InChI=1S/C37H31BrCl2N2O5/c1-3-21-17-24(38)18-28-29(37(46)47-31(15-16-39)34(43)23-7-11-25(40)12-8-23)19-30(41-33(21)28)22-9-13-26(14-10-22)42-35(44)27-6-4-5-20(2)32(27)36(42)45/h4-5,7-14,17-20,27,31-32H,3,6,15-16H2,1-2H3. The molecule has 1 aromatic heterocycles. The first-order chi connectivity index (χ1) is 22.6. The molecule has 1 aliphatic heterocycles. The summed E-state index contributed by atoms with van der Waals surface area (Å²) in [6.07, 6.45) is 4.20. The normalized spacial score (nSPS) is 19.6. The average molecular weight is 734 g/mol. The third-order valence-electron chi connectivity index (χ3n) is 8.89. The second-order valence-corrected chi connectivity index (χ2v) is 13.6. The fourth-order valence-electron chi connectivity index (χ4n) is 6.47. The number of esters is 1. The van der Waals surface area contributed by atoms with Crippen LogP contribution in [0, 0.1) is 17.8 Å². The van der Waals surface area contributed by atoms with E-state index in [0.717, 1.165) is 10.0 Å². The number of hydrogen-bond acceptors (Lipinski definition) is 6. The van der Waals surface area contributed by atoms with Crippen LogP contribution in [0.4, 0.5) is 5.69 Å². The number of pyridine rings is 1. The lowest BCUT2D eigenvalue weighted by Gasteiger charge is -2.22. The van der Waals surface area contributed by atoms with Crippen molar-refractivity contribution in [3.63, 3.8) is 0 Å². The lowest BCUT2D eigenvalue weighted by Crippen LogP contribution is -2.31. The number of nitrogens with zero attached hydrogens (tertiary/aromatic N) is 2. The van der Waals surface area contributed by atoms with Gasteiger partial charge < -0.3 is 4.74 Å². The van der Waals surface area contributed by atoms with E-state index >= 15 is 0 Å². The third kappa shape index (κ3) is 6.39. The van der Waals surface area contributed by atoms with Crippen LogP contribution in [-0.4, -0.2) is 40.5 Å². The minimum Gasteiger partial charge on any atom is -0.450 e. The fourth-order valence-corrected chi connectivity index (χ4v) is 7.29. The topological polar surface area (TPSA) is 93.6 Å². The number of anilines is 1. The fraction of sp³-hybridized carbons (Fsp3) is 0.270. The largest absolute Gasteiger partial charge is 0.450 e. The van der Waals surface area contributed by atoms with Crippen LogP contribution >= 0.6 is 39.1 Å². The van der Waals surface area contributed by atoms with Gasteiger partial charge in [0.25, 0.3) is 0 Å². The molecule has 7 nitrogen and oxygen atoms in total. The number of halogens is 3. The molecule has 0 saturated carbocycles. The van der Waals surface area contributed by atoms with Gasteiger partial charge >= 0.3 is 5.97 Å². The number of ketones is 1. The van der Waals surface area contributed by atoms with Gasteiger partial charge in [0.15, 0.2) is 6.10 Å². The van der Waals surface area contributed by atoms with Gasteiger partial charge in [0.1, 0.15) is 0 Å². The van der Waals surface area contributed by atoms with Crippen molar-refractivity contribution in [1.29, 1.82) is 0 Å². The Hall–Kier alpha value is -3.85. The van der Waals surface area contributed by atoms with Gasteiger partial charge in [0.2, 0.25) is 17.6 Å². The second kappa shape index (κ2) is 13.7. The number of aromatic nitrogens is 1. The van der Waals surface area contributed by atoms with Crippen LogP contribution in [0.25, 0.3) is 22.2 Å². The molecule has 0 bridgehead atoms. The zero-order valence-corrected chi connectivity index (χ0v) is 28.8. The Bertz CT molecular complexity index is 1930. The number of imide groups is 1. The number of rotatable bonds is 9. The summed E-state index contributed by atoms with van der Waals surface area (Å²) in [5.74, 6) is -2.04. The molecule has 0 N–H and O–H groups in total. The first kappa shape index (κ1) is 33.1. The first-order valence-electron chi connectivity index (χ1n) is 15.5. The van der Waals surface area contributed by atoms with E-state index in [9.17, 15) is 19.2 Å². The summed E-state index contributed by atoms with van der Waals surface area (Å²) in [5, 5.41) is 1.06. The maximum atomic E-state index is 13.9. The first-order valence-corrected chi connectivity index (χ1v) is 17.2. The monoisotopic (exact) mass is 732 g/mol. The molecule has 0 spiro atoms. The summed E-state index contributed by atoms with van der Waals surface area (Å²) in [4.78, 5) is 60.1. The van der Waals surface area contributed by atoms with Crippen molar-refractivity contribution in [2.45, 2.75) is 39.2 Å². The number of ether oxygens (including phenoxy) is 1. The smallest absolute Gasteiger partial charge is 0.339 e. The molecule has 0 radical (unpaired) electrons. The van der Waals surface area contributed by atoms with Crippen molar-refractivity contribution >= 4 is 79.3 Å². The van der Waals surface area contributed by atoms with Gasteiger partial charge in [-0.05, 0) is 78.9 Å². The molecule has 2 heterocycles. The van der Waals surface area contributed by atoms with Gasteiger partial charge in [-0.1, -0.05) is 65.7 Å². The van der Waals surface area contributed by atoms with E-state index in [1.807, 2.05) is 38.1 Å². The Balaban J connectivity index is 1.36. The van der Waals surface area contributed by atoms with Crippen molar-refractivity contribution in [2.75, 3.05) is 10.8 Å². The zero-order chi connectivity index (χ0) is 33.4. The van der Waals surface area contributed by atoms with E-state index in [1.54, 1.807) is 54.6 Å². The highest BCUT2D eigenvalue weighted by Gasteiger charge is 2.50. The van der Waals surface area contributed by atoms with E-state index in [0.29, 0.717) is 51.3 Å². The summed E-state index contributed by atoms with van der Waals surface area (Å²) < 4.78 is 6.64. The van der Waals surface area contributed by atoms with Crippen LogP contribution in [0.15, 0.2) is 83.4 Å². The molecule has 6 rings (SSSR count). The molecule has 1 aliphatic carbocycles. The number of carbonyl (C=O) groups is 4. The van der Waals surface area contributed by atoms with Gasteiger partial charge in [-0.3, -0.25) is 19.3 Å². The maximum Gasteiger partial charge on any atom is 0.339 e.